The summed E-state index contributed by atoms with van der Waals surface area (Å²) in [4.78, 5) is 11.5. The summed E-state index contributed by atoms with van der Waals surface area (Å²) < 4.78 is 37.8. The van der Waals surface area contributed by atoms with Crippen molar-refractivity contribution < 1.29 is 38.0 Å². The first-order valence-corrected chi connectivity index (χ1v) is 12.5. The summed E-state index contributed by atoms with van der Waals surface area (Å²) in [6.07, 6.45) is 4.80. The molecule has 0 aliphatic heterocycles. The highest BCUT2D eigenvalue weighted by molar-refractivity contribution is 5.69. The van der Waals surface area contributed by atoms with Crippen molar-refractivity contribution in [2.45, 2.75) is 45.6 Å². The maximum Gasteiger partial charge on any atom is 0.305 e. The van der Waals surface area contributed by atoms with E-state index in [4.69, 9.17) is 33.2 Å². The lowest BCUT2D eigenvalue weighted by Crippen LogP contribution is -2.15. The van der Waals surface area contributed by atoms with Crippen LogP contribution in [0.1, 0.15) is 44.6 Å². The fourth-order valence-corrected chi connectivity index (χ4v) is 2.85. The van der Waals surface area contributed by atoms with E-state index >= 15 is 0 Å². The van der Waals surface area contributed by atoms with Crippen molar-refractivity contribution in [1.29, 1.82) is 0 Å². The van der Waals surface area contributed by atoms with Crippen LogP contribution in [-0.4, -0.2) is 85.3 Å². The van der Waals surface area contributed by atoms with E-state index in [1.807, 2.05) is 30.3 Å². The number of carbonyl (C=O) groups is 1. The Balaban J connectivity index is 1.68. The molecule has 0 saturated heterocycles. The lowest BCUT2D eigenvalue weighted by Gasteiger charge is -2.08. The molecule has 34 heavy (non-hydrogen) atoms. The van der Waals surface area contributed by atoms with Crippen molar-refractivity contribution >= 4 is 5.97 Å². The molecule has 196 valence electrons. The van der Waals surface area contributed by atoms with E-state index in [0.29, 0.717) is 92.3 Å². The lowest BCUT2D eigenvalue weighted by molar-refractivity contribution is -0.145. The number of hydrogen-bond acceptors (Lipinski definition) is 8. The third-order valence-corrected chi connectivity index (χ3v) is 4.70. The zero-order chi connectivity index (χ0) is 24.4. The summed E-state index contributed by atoms with van der Waals surface area (Å²) in [7, 11) is 0. The van der Waals surface area contributed by atoms with Gasteiger partial charge in [-0.2, -0.15) is 0 Å². The fourth-order valence-electron chi connectivity index (χ4n) is 2.85. The van der Waals surface area contributed by atoms with Crippen LogP contribution in [0.2, 0.25) is 0 Å². The van der Waals surface area contributed by atoms with Crippen LogP contribution in [0.15, 0.2) is 30.3 Å². The van der Waals surface area contributed by atoms with Gasteiger partial charge in [0.15, 0.2) is 0 Å². The van der Waals surface area contributed by atoms with Crippen LogP contribution >= 0.6 is 0 Å². The van der Waals surface area contributed by atoms with Crippen molar-refractivity contribution in [1.82, 2.24) is 0 Å². The Labute approximate surface area is 205 Å². The molecule has 0 atom stereocenters. The molecule has 0 unspecified atom stereocenters. The van der Waals surface area contributed by atoms with E-state index in [9.17, 15) is 4.79 Å². The fraction of sp³-hybridized carbons (Fsp3) is 0.731. The lowest BCUT2D eigenvalue weighted by atomic mass is 10.2. The molecule has 1 rings (SSSR count). The molecule has 0 amide bonds. The molecule has 0 heterocycles. The SMILES string of the molecule is CCCCCCC(=O)OCCOCCOCCOCCOCCOCCOCc1ccccc1. The van der Waals surface area contributed by atoms with Crippen LogP contribution in [-0.2, 0) is 44.6 Å². The van der Waals surface area contributed by atoms with E-state index in [-0.39, 0.29) is 5.97 Å². The Morgan fingerprint density at radius 3 is 1.56 bits per heavy atom. The first-order chi connectivity index (χ1) is 16.8. The van der Waals surface area contributed by atoms with Gasteiger partial charge in [0.2, 0.25) is 0 Å². The molecule has 0 aromatic heterocycles. The predicted octanol–water partition coefficient (Wildman–Crippen LogP) is 3.80. The summed E-state index contributed by atoms with van der Waals surface area (Å²) in [5.74, 6) is -0.145. The highest BCUT2D eigenvalue weighted by Gasteiger charge is 2.02. The molecular formula is C26H44O8. The molecule has 1 aromatic rings. The molecule has 0 N–H and O–H groups in total. The van der Waals surface area contributed by atoms with Gasteiger partial charge in [-0.1, -0.05) is 56.5 Å². The topological polar surface area (TPSA) is 81.7 Å². The van der Waals surface area contributed by atoms with Crippen LogP contribution in [0, 0.1) is 0 Å². The minimum absolute atomic E-state index is 0.145. The Morgan fingerprint density at radius 2 is 1.06 bits per heavy atom. The number of carbonyl (C=O) groups excluding carboxylic acids is 1. The number of unbranched alkanes of at least 4 members (excludes halogenated alkanes) is 3. The van der Waals surface area contributed by atoms with Crippen LogP contribution in [0.4, 0.5) is 0 Å². The Kier molecular flexibility index (Phi) is 22.0. The third-order valence-electron chi connectivity index (χ3n) is 4.70. The van der Waals surface area contributed by atoms with E-state index in [1.54, 1.807) is 0 Å². The van der Waals surface area contributed by atoms with Crippen LogP contribution in [0.3, 0.4) is 0 Å². The average molecular weight is 485 g/mol. The summed E-state index contributed by atoms with van der Waals surface area (Å²) in [5, 5.41) is 0. The molecule has 0 saturated carbocycles. The monoisotopic (exact) mass is 484 g/mol. The molecule has 8 nitrogen and oxygen atoms in total. The second kappa shape index (κ2) is 24.6. The standard InChI is InChI=1S/C26H44O8/c1-2-3-4-8-11-26(27)34-23-22-32-19-18-30-15-14-28-12-13-29-16-17-31-20-21-33-24-25-9-6-5-7-10-25/h5-7,9-10H,2-4,8,11-24H2,1H3. The zero-order valence-electron chi connectivity index (χ0n) is 20.9. The second-order valence-corrected chi connectivity index (χ2v) is 7.63. The van der Waals surface area contributed by atoms with Crippen molar-refractivity contribution in [3.05, 3.63) is 35.9 Å². The van der Waals surface area contributed by atoms with Gasteiger partial charge in [-0.3, -0.25) is 4.79 Å². The van der Waals surface area contributed by atoms with Gasteiger partial charge in [0.05, 0.1) is 79.3 Å². The maximum absolute atomic E-state index is 11.5. The van der Waals surface area contributed by atoms with E-state index in [2.05, 4.69) is 6.92 Å². The first kappa shape index (κ1) is 30.5. The molecule has 0 aliphatic rings. The molecule has 0 radical (unpaired) electrons. The highest BCUT2D eigenvalue weighted by Crippen LogP contribution is 2.03. The van der Waals surface area contributed by atoms with Gasteiger partial charge in [0.1, 0.15) is 6.61 Å². The Hall–Kier alpha value is -1.55. The Morgan fingerprint density at radius 1 is 0.588 bits per heavy atom. The van der Waals surface area contributed by atoms with Crippen LogP contribution in [0.5, 0.6) is 0 Å². The largest absolute Gasteiger partial charge is 0.463 e. The minimum Gasteiger partial charge on any atom is -0.463 e. The minimum atomic E-state index is -0.145. The molecule has 0 fully saturated rings. The van der Waals surface area contributed by atoms with Gasteiger partial charge >= 0.3 is 5.97 Å². The summed E-state index contributed by atoms with van der Waals surface area (Å²) in [6, 6.07) is 10.1. The summed E-state index contributed by atoms with van der Waals surface area (Å²) in [5.41, 5.74) is 1.16. The molecular weight excluding hydrogens is 440 g/mol. The number of rotatable bonds is 25. The smallest absolute Gasteiger partial charge is 0.305 e. The van der Waals surface area contributed by atoms with Crippen LogP contribution in [0.25, 0.3) is 0 Å². The van der Waals surface area contributed by atoms with Crippen molar-refractivity contribution in [3.63, 3.8) is 0 Å². The number of benzene rings is 1. The highest BCUT2D eigenvalue weighted by atomic mass is 16.6. The van der Waals surface area contributed by atoms with E-state index in [0.717, 1.165) is 31.2 Å². The molecule has 0 spiro atoms. The van der Waals surface area contributed by atoms with Gasteiger partial charge in [-0.25, -0.2) is 0 Å². The van der Waals surface area contributed by atoms with Crippen molar-refractivity contribution in [2.24, 2.45) is 0 Å². The van der Waals surface area contributed by atoms with Crippen LogP contribution < -0.4 is 0 Å². The van der Waals surface area contributed by atoms with Crippen molar-refractivity contribution in [3.8, 4) is 0 Å². The molecule has 0 aliphatic carbocycles. The normalized spacial score (nSPS) is 11.1. The Bertz CT molecular complexity index is 555. The zero-order valence-corrected chi connectivity index (χ0v) is 20.9. The number of esters is 1. The van der Waals surface area contributed by atoms with Crippen molar-refractivity contribution in [2.75, 3.05) is 79.3 Å². The summed E-state index contributed by atoms with van der Waals surface area (Å²) in [6.45, 7) is 8.62. The van der Waals surface area contributed by atoms with Gasteiger partial charge in [-0.15, -0.1) is 0 Å². The maximum atomic E-state index is 11.5. The number of ether oxygens (including phenoxy) is 7. The quantitative estimate of drug-likeness (QED) is 0.153. The second-order valence-electron chi connectivity index (χ2n) is 7.63. The van der Waals surface area contributed by atoms with Gasteiger partial charge in [0.25, 0.3) is 0 Å². The van der Waals surface area contributed by atoms with E-state index in [1.165, 1.54) is 0 Å². The van der Waals surface area contributed by atoms with Gasteiger partial charge in [0, 0.05) is 6.42 Å². The predicted molar refractivity (Wildman–Crippen MR) is 130 cm³/mol. The first-order valence-electron chi connectivity index (χ1n) is 12.5. The average Bonchev–Trinajstić information content (AvgIpc) is 2.86. The summed E-state index contributed by atoms with van der Waals surface area (Å²) >= 11 is 0. The van der Waals surface area contributed by atoms with E-state index < -0.39 is 0 Å². The molecule has 8 heteroatoms. The molecule has 1 aromatic carbocycles. The van der Waals surface area contributed by atoms with Gasteiger partial charge in [-0.05, 0) is 12.0 Å². The number of hydrogen-bond donors (Lipinski definition) is 0. The van der Waals surface area contributed by atoms with Gasteiger partial charge < -0.3 is 33.2 Å². The third kappa shape index (κ3) is 21.0. The molecule has 0 bridgehead atoms.